The molecule has 26 heavy (non-hydrogen) atoms. The maximum atomic E-state index is 13.2. The van der Waals surface area contributed by atoms with E-state index in [4.69, 9.17) is 0 Å². The van der Waals surface area contributed by atoms with Gasteiger partial charge in [0.2, 0.25) is 10.0 Å². The number of rotatable bonds is 5. The highest BCUT2D eigenvalue weighted by Gasteiger charge is 2.17. The smallest absolute Gasteiger partial charge is 0.240 e. The van der Waals surface area contributed by atoms with Crippen LogP contribution in [0.2, 0.25) is 0 Å². The van der Waals surface area contributed by atoms with E-state index in [0.717, 1.165) is 12.1 Å². The van der Waals surface area contributed by atoms with Crippen molar-refractivity contribution < 1.29 is 17.2 Å². The largest absolute Gasteiger partial charge is 0.241 e. The van der Waals surface area contributed by atoms with Gasteiger partial charge < -0.3 is 0 Å². The van der Waals surface area contributed by atoms with E-state index in [-0.39, 0.29) is 17.3 Å². The van der Waals surface area contributed by atoms with Crippen molar-refractivity contribution in [2.24, 2.45) is 0 Å². The molecule has 3 rings (SSSR count). The Kier molecular flexibility index (Phi) is 5.06. The molecule has 0 atom stereocenters. The van der Waals surface area contributed by atoms with Crippen LogP contribution in [0.25, 0.3) is 11.3 Å². The van der Waals surface area contributed by atoms with Gasteiger partial charge in [0.05, 0.1) is 22.8 Å². The Labute approximate surface area is 149 Å². The van der Waals surface area contributed by atoms with Crippen LogP contribution in [-0.4, -0.2) is 18.4 Å². The van der Waals surface area contributed by atoms with Gasteiger partial charge in [0.1, 0.15) is 18.0 Å². The van der Waals surface area contributed by atoms with Crippen molar-refractivity contribution in [1.82, 2.24) is 14.7 Å². The van der Waals surface area contributed by atoms with Crippen LogP contribution in [0.4, 0.5) is 8.78 Å². The van der Waals surface area contributed by atoms with Crippen LogP contribution < -0.4 is 4.72 Å². The van der Waals surface area contributed by atoms with Crippen LogP contribution in [-0.2, 0) is 16.6 Å². The predicted molar refractivity (Wildman–Crippen MR) is 92.6 cm³/mol. The third-order valence-corrected chi connectivity index (χ3v) is 5.29. The molecule has 1 aromatic heterocycles. The Morgan fingerprint density at radius 1 is 0.962 bits per heavy atom. The molecule has 0 spiro atoms. The van der Waals surface area contributed by atoms with Crippen molar-refractivity contribution >= 4 is 10.0 Å². The molecular weight excluding hydrogens is 360 g/mol. The average molecular weight is 375 g/mol. The van der Waals surface area contributed by atoms with Gasteiger partial charge >= 0.3 is 0 Å². The van der Waals surface area contributed by atoms with E-state index in [2.05, 4.69) is 14.7 Å². The highest BCUT2D eigenvalue weighted by atomic mass is 32.2. The van der Waals surface area contributed by atoms with Crippen molar-refractivity contribution in [1.29, 1.82) is 0 Å². The molecule has 0 aliphatic heterocycles. The second-order valence-electron chi connectivity index (χ2n) is 5.64. The molecule has 0 radical (unpaired) electrons. The number of sulfonamides is 1. The minimum atomic E-state index is -3.82. The van der Waals surface area contributed by atoms with Crippen LogP contribution in [0.5, 0.6) is 0 Å². The molecule has 0 amide bonds. The molecule has 1 N–H and O–H groups in total. The summed E-state index contributed by atoms with van der Waals surface area (Å²) in [7, 11) is -3.82. The van der Waals surface area contributed by atoms with Crippen molar-refractivity contribution in [3.05, 3.63) is 77.8 Å². The molecule has 0 aliphatic carbocycles. The molecule has 0 saturated carbocycles. The summed E-state index contributed by atoms with van der Waals surface area (Å²) < 4.78 is 53.4. The Bertz CT molecular complexity index is 1040. The van der Waals surface area contributed by atoms with Gasteiger partial charge in [-0.2, -0.15) is 0 Å². The topological polar surface area (TPSA) is 72.0 Å². The fourth-order valence-corrected chi connectivity index (χ4v) is 3.66. The SMILES string of the molecule is Cc1cc(F)ccc1S(=O)(=O)NCc1cc(-c2ccc(F)cc2)ncn1. The number of nitrogens with zero attached hydrogens (tertiary/aromatic N) is 2. The van der Waals surface area contributed by atoms with E-state index in [9.17, 15) is 17.2 Å². The molecule has 5 nitrogen and oxygen atoms in total. The Hall–Kier alpha value is -2.71. The molecule has 0 bridgehead atoms. The molecule has 1 heterocycles. The zero-order valence-corrected chi connectivity index (χ0v) is 14.6. The Balaban J connectivity index is 1.79. The van der Waals surface area contributed by atoms with E-state index >= 15 is 0 Å². The van der Waals surface area contributed by atoms with Gasteiger partial charge in [-0.15, -0.1) is 0 Å². The Morgan fingerprint density at radius 3 is 2.35 bits per heavy atom. The third kappa shape index (κ3) is 4.09. The van der Waals surface area contributed by atoms with Crippen molar-refractivity contribution in [3.8, 4) is 11.3 Å². The minimum Gasteiger partial charge on any atom is -0.240 e. The van der Waals surface area contributed by atoms with Crippen molar-refractivity contribution in [2.75, 3.05) is 0 Å². The summed E-state index contributed by atoms with van der Waals surface area (Å²) in [6, 6.07) is 10.9. The first-order chi connectivity index (χ1) is 12.3. The molecule has 3 aromatic rings. The molecular formula is C18H15F2N3O2S. The fourth-order valence-electron chi connectivity index (χ4n) is 2.43. The van der Waals surface area contributed by atoms with Gasteiger partial charge in [0, 0.05) is 5.56 Å². The number of halogens is 2. The summed E-state index contributed by atoms with van der Waals surface area (Å²) in [5, 5.41) is 0. The average Bonchev–Trinajstić information content (AvgIpc) is 2.61. The molecule has 0 aliphatic rings. The first-order valence-electron chi connectivity index (χ1n) is 7.68. The van der Waals surface area contributed by atoms with Crippen molar-refractivity contribution in [2.45, 2.75) is 18.4 Å². The number of benzene rings is 2. The zero-order chi connectivity index (χ0) is 18.7. The lowest BCUT2D eigenvalue weighted by molar-refractivity contribution is 0.578. The maximum Gasteiger partial charge on any atom is 0.241 e. The molecule has 2 aromatic carbocycles. The normalized spacial score (nSPS) is 11.5. The monoisotopic (exact) mass is 375 g/mol. The highest BCUT2D eigenvalue weighted by molar-refractivity contribution is 7.89. The molecule has 0 unspecified atom stereocenters. The third-order valence-electron chi connectivity index (χ3n) is 3.73. The summed E-state index contributed by atoms with van der Waals surface area (Å²) in [6.45, 7) is 1.46. The lowest BCUT2D eigenvalue weighted by Crippen LogP contribution is -2.24. The lowest BCUT2D eigenvalue weighted by Gasteiger charge is -2.09. The van der Waals surface area contributed by atoms with Crippen LogP contribution in [0.15, 0.2) is 59.8 Å². The highest BCUT2D eigenvalue weighted by Crippen LogP contribution is 2.19. The number of aryl methyl sites for hydroxylation is 1. The summed E-state index contributed by atoms with van der Waals surface area (Å²) in [5.74, 6) is -0.855. The van der Waals surface area contributed by atoms with Crippen molar-refractivity contribution in [3.63, 3.8) is 0 Å². The summed E-state index contributed by atoms with van der Waals surface area (Å²) in [4.78, 5) is 8.16. The van der Waals surface area contributed by atoms with Gasteiger partial charge in [0.15, 0.2) is 0 Å². The minimum absolute atomic E-state index is 0.00622. The maximum absolute atomic E-state index is 13.2. The van der Waals surface area contributed by atoms with Gasteiger partial charge in [-0.25, -0.2) is 31.9 Å². The fraction of sp³-hybridized carbons (Fsp3) is 0.111. The summed E-state index contributed by atoms with van der Waals surface area (Å²) >= 11 is 0. The number of nitrogens with one attached hydrogen (secondary N) is 1. The molecule has 0 saturated heterocycles. The van der Waals surface area contributed by atoms with Crippen LogP contribution in [0.1, 0.15) is 11.3 Å². The second-order valence-corrected chi connectivity index (χ2v) is 7.37. The van der Waals surface area contributed by atoms with E-state index < -0.39 is 15.8 Å². The van der Waals surface area contributed by atoms with Gasteiger partial charge in [0.25, 0.3) is 0 Å². The summed E-state index contributed by atoms with van der Waals surface area (Å²) in [5.41, 5.74) is 1.99. The number of aromatic nitrogens is 2. The Morgan fingerprint density at radius 2 is 1.65 bits per heavy atom. The van der Waals surface area contributed by atoms with E-state index in [1.54, 1.807) is 18.2 Å². The second kappa shape index (κ2) is 7.27. The van der Waals surface area contributed by atoms with E-state index in [1.165, 1.54) is 31.5 Å². The van der Waals surface area contributed by atoms with Crippen LogP contribution in [0.3, 0.4) is 0 Å². The first kappa shape index (κ1) is 18.1. The number of hydrogen-bond acceptors (Lipinski definition) is 4. The summed E-state index contributed by atoms with van der Waals surface area (Å²) in [6.07, 6.45) is 1.31. The van der Waals surface area contributed by atoms with Crippen LogP contribution in [0, 0.1) is 18.6 Å². The van der Waals surface area contributed by atoms with E-state index in [0.29, 0.717) is 22.5 Å². The van der Waals surface area contributed by atoms with Gasteiger partial charge in [-0.1, -0.05) is 0 Å². The standard InChI is InChI=1S/C18H15F2N3O2S/c1-12-8-15(20)6-7-18(12)26(24,25)23-10-16-9-17(22-11-21-16)13-2-4-14(19)5-3-13/h2-9,11,23H,10H2,1H3. The molecule has 0 fully saturated rings. The predicted octanol–water partition coefficient (Wildman–Crippen LogP) is 3.21. The van der Waals surface area contributed by atoms with Gasteiger partial charge in [-0.05, 0) is 61.0 Å². The first-order valence-corrected chi connectivity index (χ1v) is 9.16. The lowest BCUT2D eigenvalue weighted by atomic mass is 10.1. The molecule has 8 heteroatoms. The van der Waals surface area contributed by atoms with Crippen LogP contribution >= 0.6 is 0 Å². The van der Waals surface area contributed by atoms with E-state index in [1.807, 2.05) is 0 Å². The quantitative estimate of drug-likeness (QED) is 0.743. The zero-order valence-electron chi connectivity index (χ0n) is 13.8. The molecule has 134 valence electrons. The van der Waals surface area contributed by atoms with Gasteiger partial charge in [-0.3, -0.25) is 0 Å². The number of hydrogen-bond donors (Lipinski definition) is 1.